The zero-order chi connectivity index (χ0) is 15.1. The van der Waals surface area contributed by atoms with Crippen molar-refractivity contribution in [3.63, 3.8) is 0 Å². The maximum atomic E-state index is 12.0. The quantitative estimate of drug-likeness (QED) is 0.677. The smallest absolute Gasteiger partial charge is 0.271 e. The van der Waals surface area contributed by atoms with Crippen LogP contribution >= 0.6 is 0 Å². The van der Waals surface area contributed by atoms with E-state index in [1.165, 1.54) is 0 Å². The number of rotatable bonds is 5. The average Bonchev–Trinajstić information content (AvgIpc) is 2.54. The first-order valence-corrected chi connectivity index (χ1v) is 6.68. The van der Waals surface area contributed by atoms with Crippen LogP contribution in [0, 0.1) is 0 Å². The third kappa shape index (κ3) is 4.14. The van der Waals surface area contributed by atoms with Crippen molar-refractivity contribution in [2.24, 2.45) is 5.10 Å². The number of benzene rings is 1. The van der Waals surface area contributed by atoms with Gasteiger partial charge >= 0.3 is 0 Å². The Morgan fingerprint density at radius 1 is 1.24 bits per heavy atom. The first-order chi connectivity index (χ1) is 10.2. The number of ether oxygens (including phenoxy) is 1. The number of hydrazone groups is 1. The first kappa shape index (κ1) is 14.7. The zero-order valence-electron chi connectivity index (χ0n) is 12.0. The Bertz CT molecular complexity index is 622. The average molecular weight is 283 g/mol. The molecule has 2 aromatic rings. The van der Waals surface area contributed by atoms with Crippen LogP contribution in [0.4, 0.5) is 0 Å². The number of carbonyl (C=O) groups is 1. The molecule has 1 aromatic heterocycles. The van der Waals surface area contributed by atoms with Crippen LogP contribution in [0.25, 0.3) is 0 Å². The molecule has 2 rings (SSSR count). The van der Waals surface area contributed by atoms with Gasteiger partial charge in [0.25, 0.3) is 5.91 Å². The Labute approximate surface area is 123 Å². The van der Waals surface area contributed by atoms with Crippen LogP contribution in [0.3, 0.4) is 0 Å². The highest BCUT2D eigenvalue weighted by atomic mass is 16.5. The summed E-state index contributed by atoms with van der Waals surface area (Å²) in [6.45, 7) is 4.33. The molecule has 5 heteroatoms. The summed E-state index contributed by atoms with van der Waals surface area (Å²) >= 11 is 0. The van der Waals surface area contributed by atoms with Gasteiger partial charge in [0.1, 0.15) is 5.75 Å². The monoisotopic (exact) mass is 283 g/mol. The number of amides is 1. The summed E-state index contributed by atoms with van der Waals surface area (Å²) in [6.07, 6.45) is 3.39. The fourth-order valence-electron chi connectivity index (χ4n) is 1.71. The molecule has 1 heterocycles. The number of nitrogens with zero attached hydrogens (tertiary/aromatic N) is 2. The van der Waals surface area contributed by atoms with Crippen molar-refractivity contribution < 1.29 is 9.53 Å². The van der Waals surface area contributed by atoms with E-state index >= 15 is 0 Å². The van der Waals surface area contributed by atoms with Crippen LogP contribution < -0.4 is 10.2 Å². The van der Waals surface area contributed by atoms with Crippen LogP contribution in [0.5, 0.6) is 5.75 Å². The summed E-state index contributed by atoms with van der Waals surface area (Å²) in [5, 5.41) is 4.08. The summed E-state index contributed by atoms with van der Waals surface area (Å²) in [4.78, 5) is 16.0. The van der Waals surface area contributed by atoms with Gasteiger partial charge in [-0.2, -0.15) is 5.10 Å². The summed E-state index contributed by atoms with van der Waals surface area (Å²) in [5.41, 5.74) is 4.62. The SMILES string of the molecule is CCOc1ccc(C(=O)NN=C(C)c2cccnc2)cc1. The zero-order valence-corrected chi connectivity index (χ0v) is 12.0. The minimum atomic E-state index is -0.263. The van der Waals surface area contributed by atoms with Gasteiger partial charge in [0.05, 0.1) is 12.3 Å². The van der Waals surface area contributed by atoms with E-state index in [0.29, 0.717) is 17.9 Å². The second-order valence-electron chi connectivity index (χ2n) is 4.34. The normalized spacial score (nSPS) is 11.0. The van der Waals surface area contributed by atoms with E-state index in [-0.39, 0.29) is 5.91 Å². The lowest BCUT2D eigenvalue weighted by Gasteiger charge is -2.05. The molecule has 1 N–H and O–H groups in total. The fraction of sp³-hybridized carbons (Fsp3) is 0.188. The largest absolute Gasteiger partial charge is 0.494 e. The second-order valence-corrected chi connectivity index (χ2v) is 4.34. The molecule has 5 nitrogen and oxygen atoms in total. The molecular formula is C16H17N3O2. The van der Waals surface area contributed by atoms with Crippen LogP contribution in [0.2, 0.25) is 0 Å². The van der Waals surface area contributed by atoms with Gasteiger partial charge in [0, 0.05) is 23.5 Å². The van der Waals surface area contributed by atoms with Crippen molar-refractivity contribution in [2.75, 3.05) is 6.61 Å². The van der Waals surface area contributed by atoms with Crippen molar-refractivity contribution >= 4 is 11.6 Å². The van der Waals surface area contributed by atoms with E-state index in [9.17, 15) is 4.79 Å². The Balaban J connectivity index is 2.01. The fourth-order valence-corrected chi connectivity index (χ4v) is 1.71. The number of aromatic nitrogens is 1. The van der Waals surface area contributed by atoms with Gasteiger partial charge in [-0.05, 0) is 44.2 Å². The maximum Gasteiger partial charge on any atom is 0.271 e. The highest BCUT2D eigenvalue weighted by molar-refractivity contribution is 6.00. The van der Waals surface area contributed by atoms with E-state index in [2.05, 4.69) is 15.5 Å². The van der Waals surface area contributed by atoms with Crippen molar-refractivity contribution in [1.29, 1.82) is 0 Å². The molecule has 0 aliphatic carbocycles. The van der Waals surface area contributed by atoms with E-state index in [0.717, 1.165) is 11.3 Å². The lowest BCUT2D eigenvalue weighted by atomic mass is 10.2. The van der Waals surface area contributed by atoms with Crippen LogP contribution in [0.1, 0.15) is 29.8 Å². The number of hydrogen-bond donors (Lipinski definition) is 1. The van der Waals surface area contributed by atoms with Gasteiger partial charge in [-0.1, -0.05) is 6.07 Å². The molecule has 0 radical (unpaired) electrons. The Kier molecular flexibility index (Phi) is 5.04. The summed E-state index contributed by atoms with van der Waals surface area (Å²) < 4.78 is 5.33. The minimum Gasteiger partial charge on any atom is -0.494 e. The lowest BCUT2D eigenvalue weighted by Crippen LogP contribution is -2.19. The van der Waals surface area contributed by atoms with Crippen LogP contribution in [-0.4, -0.2) is 23.2 Å². The maximum absolute atomic E-state index is 12.0. The molecule has 1 amide bonds. The standard InChI is InChI=1S/C16H17N3O2/c1-3-21-15-8-6-13(7-9-15)16(20)19-18-12(2)14-5-4-10-17-11-14/h4-11H,3H2,1-2H3,(H,19,20). The number of nitrogens with one attached hydrogen (secondary N) is 1. The molecule has 0 fully saturated rings. The molecule has 0 aliphatic heterocycles. The Morgan fingerprint density at radius 3 is 2.62 bits per heavy atom. The predicted molar refractivity (Wildman–Crippen MR) is 81.5 cm³/mol. The third-order valence-corrected chi connectivity index (χ3v) is 2.83. The molecule has 0 aliphatic rings. The Hall–Kier alpha value is -2.69. The van der Waals surface area contributed by atoms with E-state index < -0.39 is 0 Å². The van der Waals surface area contributed by atoms with Crippen molar-refractivity contribution in [3.8, 4) is 5.75 Å². The topological polar surface area (TPSA) is 63.6 Å². The molecular weight excluding hydrogens is 266 g/mol. The number of pyridine rings is 1. The van der Waals surface area contributed by atoms with Gasteiger partial charge in [-0.25, -0.2) is 5.43 Å². The van der Waals surface area contributed by atoms with Crippen molar-refractivity contribution in [3.05, 3.63) is 59.9 Å². The van der Waals surface area contributed by atoms with Crippen molar-refractivity contribution in [1.82, 2.24) is 10.4 Å². The molecule has 0 saturated heterocycles. The molecule has 0 saturated carbocycles. The van der Waals surface area contributed by atoms with Crippen LogP contribution in [-0.2, 0) is 0 Å². The molecule has 1 aromatic carbocycles. The predicted octanol–water partition coefficient (Wildman–Crippen LogP) is 2.63. The van der Waals surface area contributed by atoms with Crippen molar-refractivity contribution in [2.45, 2.75) is 13.8 Å². The highest BCUT2D eigenvalue weighted by Gasteiger charge is 2.05. The summed E-state index contributed by atoms with van der Waals surface area (Å²) in [5.74, 6) is 0.477. The molecule has 21 heavy (non-hydrogen) atoms. The molecule has 0 atom stereocenters. The number of carbonyl (C=O) groups excluding carboxylic acids is 1. The van der Waals surface area contributed by atoms with Gasteiger partial charge in [-0.3, -0.25) is 9.78 Å². The minimum absolute atomic E-state index is 0.263. The van der Waals surface area contributed by atoms with Gasteiger partial charge in [0.15, 0.2) is 0 Å². The molecule has 108 valence electrons. The molecule has 0 spiro atoms. The van der Waals surface area contributed by atoms with E-state index in [1.807, 2.05) is 26.0 Å². The Morgan fingerprint density at radius 2 is 2.00 bits per heavy atom. The first-order valence-electron chi connectivity index (χ1n) is 6.68. The third-order valence-electron chi connectivity index (χ3n) is 2.83. The summed E-state index contributed by atoms with van der Waals surface area (Å²) in [7, 11) is 0. The van der Waals surface area contributed by atoms with Crippen LogP contribution in [0.15, 0.2) is 53.9 Å². The van der Waals surface area contributed by atoms with E-state index in [1.54, 1.807) is 36.7 Å². The summed E-state index contributed by atoms with van der Waals surface area (Å²) in [6, 6.07) is 10.6. The van der Waals surface area contributed by atoms with Gasteiger partial charge in [-0.15, -0.1) is 0 Å². The van der Waals surface area contributed by atoms with Gasteiger partial charge in [0.2, 0.25) is 0 Å². The molecule has 0 unspecified atom stereocenters. The van der Waals surface area contributed by atoms with Gasteiger partial charge < -0.3 is 4.74 Å². The molecule has 0 bridgehead atoms. The highest BCUT2D eigenvalue weighted by Crippen LogP contribution is 2.12. The second kappa shape index (κ2) is 7.19. The van der Waals surface area contributed by atoms with E-state index in [4.69, 9.17) is 4.74 Å². The number of hydrogen-bond acceptors (Lipinski definition) is 4. The lowest BCUT2D eigenvalue weighted by molar-refractivity contribution is 0.0955.